The lowest BCUT2D eigenvalue weighted by Gasteiger charge is -2.17. The number of benzene rings is 1. The number of nitro groups is 1. The van der Waals surface area contributed by atoms with Crippen molar-refractivity contribution in [3.05, 3.63) is 38.3 Å². The van der Waals surface area contributed by atoms with E-state index in [0.717, 1.165) is 42.6 Å². The molecule has 0 aliphatic heterocycles. The molecule has 0 unspecified atom stereocenters. The number of nitrogens with zero attached hydrogens (tertiary/aromatic N) is 2. The molecule has 0 amide bonds. The van der Waals surface area contributed by atoms with Crippen LogP contribution in [0.15, 0.2) is 22.7 Å². The summed E-state index contributed by atoms with van der Waals surface area (Å²) in [6.07, 6.45) is 1.05. The molecule has 6 heteroatoms. The van der Waals surface area contributed by atoms with Crippen LogP contribution in [0.5, 0.6) is 0 Å². The molecule has 0 radical (unpaired) electrons. The fraction of sp³-hybridized carbons (Fsp3) is 0.571. The van der Waals surface area contributed by atoms with Gasteiger partial charge in [-0.1, -0.05) is 29.8 Å². The van der Waals surface area contributed by atoms with Gasteiger partial charge in [0.05, 0.1) is 4.92 Å². The maximum Gasteiger partial charge on any atom is 0.275 e. The summed E-state index contributed by atoms with van der Waals surface area (Å²) in [7, 11) is 0. The first-order chi connectivity index (χ1) is 9.58. The van der Waals surface area contributed by atoms with Crippen molar-refractivity contribution in [2.24, 2.45) is 0 Å². The van der Waals surface area contributed by atoms with E-state index in [1.165, 1.54) is 0 Å². The smallest absolute Gasteiger partial charge is 0.275 e. The molecule has 0 fully saturated rings. The van der Waals surface area contributed by atoms with Gasteiger partial charge in [0.1, 0.15) is 0 Å². The van der Waals surface area contributed by atoms with Gasteiger partial charge in [0.15, 0.2) is 0 Å². The Balaban J connectivity index is 2.41. The maximum absolute atomic E-state index is 11.0. The van der Waals surface area contributed by atoms with Crippen molar-refractivity contribution in [3.63, 3.8) is 0 Å². The Kier molecular flexibility index (Phi) is 7.72. The first kappa shape index (κ1) is 17.1. The van der Waals surface area contributed by atoms with Crippen LogP contribution in [0.3, 0.4) is 0 Å². The van der Waals surface area contributed by atoms with Crippen LogP contribution >= 0.6 is 15.9 Å². The van der Waals surface area contributed by atoms with Gasteiger partial charge in [0, 0.05) is 22.6 Å². The standard InChI is InChI=1S/C14H22BrN3O2/c1-3-17(4-2)9-5-8-16-11-12-6-7-13(15)10-14(12)18(19)20/h6-7,10,16H,3-5,8-9,11H2,1-2H3. The molecule has 0 aliphatic rings. The second kappa shape index (κ2) is 9.05. The summed E-state index contributed by atoms with van der Waals surface area (Å²) in [5.74, 6) is 0. The predicted molar refractivity (Wildman–Crippen MR) is 84.9 cm³/mol. The molecule has 0 atom stereocenters. The minimum atomic E-state index is -0.336. The fourth-order valence-electron chi connectivity index (χ4n) is 2.05. The Morgan fingerprint density at radius 2 is 2.05 bits per heavy atom. The monoisotopic (exact) mass is 343 g/mol. The van der Waals surface area contributed by atoms with E-state index in [-0.39, 0.29) is 10.6 Å². The van der Waals surface area contributed by atoms with E-state index in [2.05, 4.69) is 40.0 Å². The minimum absolute atomic E-state index is 0.163. The molecular weight excluding hydrogens is 322 g/mol. The molecule has 0 heterocycles. The van der Waals surface area contributed by atoms with Gasteiger partial charge in [0.25, 0.3) is 5.69 Å². The van der Waals surface area contributed by atoms with Gasteiger partial charge in [-0.15, -0.1) is 0 Å². The molecule has 1 N–H and O–H groups in total. The number of nitro benzene ring substituents is 1. The molecule has 0 saturated carbocycles. The summed E-state index contributed by atoms with van der Waals surface area (Å²) < 4.78 is 0.731. The third-order valence-electron chi connectivity index (χ3n) is 3.28. The quantitative estimate of drug-likeness (QED) is 0.425. The molecule has 1 aromatic rings. The van der Waals surface area contributed by atoms with Crippen molar-refractivity contribution in [2.75, 3.05) is 26.2 Å². The molecule has 20 heavy (non-hydrogen) atoms. The van der Waals surface area contributed by atoms with Crippen LogP contribution in [-0.2, 0) is 6.54 Å². The lowest BCUT2D eigenvalue weighted by molar-refractivity contribution is -0.385. The lowest BCUT2D eigenvalue weighted by Crippen LogP contribution is -2.27. The van der Waals surface area contributed by atoms with Crippen LogP contribution in [0.4, 0.5) is 5.69 Å². The van der Waals surface area contributed by atoms with Crippen LogP contribution < -0.4 is 5.32 Å². The van der Waals surface area contributed by atoms with Gasteiger partial charge in [-0.05, 0) is 44.7 Å². The molecule has 0 spiro atoms. The normalized spacial score (nSPS) is 11.0. The first-order valence-corrected chi connectivity index (χ1v) is 7.73. The molecule has 112 valence electrons. The Morgan fingerprint density at radius 3 is 2.65 bits per heavy atom. The summed E-state index contributed by atoms with van der Waals surface area (Å²) in [6.45, 7) is 8.89. The Hall–Kier alpha value is -0.980. The van der Waals surface area contributed by atoms with E-state index >= 15 is 0 Å². The first-order valence-electron chi connectivity index (χ1n) is 6.94. The van der Waals surface area contributed by atoms with E-state index in [1.54, 1.807) is 12.1 Å². The Bertz CT molecular complexity index is 436. The largest absolute Gasteiger partial charge is 0.312 e. The lowest BCUT2D eigenvalue weighted by atomic mass is 10.2. The number of hydrogen-bond donors (Lipinski definition) is 1. The average Bonchev–Trinajstić information content (AvgIpc) is 2.44. The van der Waals surface area contributed by atoms with Crippen LogP contribution in [0.25, 0.3) is 0 Å². The third-order valence-corrected chi connectivity index (χ3v) is 3.78. The second-order valence-electron chi connectivity index (χ2n) is 4.59. The van der Waals surface area contributed by atoms with Crippen LogP contribution in [0.1, 0.15) is 25.8 Å². The van der Waals surface area contributed by atoms with E-state index in [9.17, 15) is 10.1 Å². The van der Waals surface area contributed by atoms with E-state index in [4.69, 9.17) is 0 Å². The van der Waals surface area contributed by atoms with Crippen molar-refractivity contribution in [1.82, 2.24) is 10.2 Å². The predicted octanol–water partition coefficient (Wildman–Crippen LogP) is 3.18. The van der Waals surface area contributed by atoms with Gasteiger partial charge in [-0.25, -0.2) is 0 Å². The maximum atomic E-state index is 11.0. The molecule has 0 aromatic heterocycles. The summed E-state index contributed by atoms with van der Waals surface area (Å²) in [5, 5.41) is 14.3. The highest BCUT2D eigenvalue weighted by molar-refractivity contribution is 9.10. The molecule has 0 saturated heterocycles. The summed E-state index contributed by atoms with van der Waals surface area (Å²) in [6, 6.07) is 5.17. The number of nitrogens with one attached hydrogen (secondary N) is 1. The van der Waals surface area contributed by atoms with Gasteiger partial charge >= 0.3 is 0 Å². The van der Waals surface area contributed by atoms with Crippen LogP contribution in [0, 0.1) is 10.1 Å². The van der Waals surface area contributed by atoms with Crippen molar-refractivity contribution in [3.8, 4) is 0 Å². The molecule has 1 aromatic carbocycles. The molecule has 1 rings (SSSR count). The van der Waals surface area contributed by atoms with Crippen LogP contribution in [0.2, 0.25) is 0 Å². The van der Waals surface area contributed by atoms with Gasteiger partial charge in [0.2, 0.25) is 0 Å². The Labute approximate surface area is 128 Å². The highest BCUT2D eigenvalue weighted by Gasteiger charge is 2.13. The zero-order chi connectivity index (χ0) is 15.0. The highest BCUT2D eigenvalue weighted by atomic mass is 79.9. The molecule has 5 nitrogen and oxygen atoms in total. The minimum Gasteiger partial charge on any atom is -0.312 e. The fourth-order valence-corrected chi connectivity index (χ4v) is 2.40. The third kappa shape index (κ3) is 5.56. The average molecular weight is 344 g/mol. The number of hydrogen-bond acceptors (Lipinski definition) is 4. The van der Waals surface area contributed by atoms with E-state index < -0.39 is 0 Å². The molecular formula is C14H22BrN3O2. The summed E-state index contributed by atoms with van der Waals surface area (Å²) in [5.41, 5.74) is 0.886. The highest BCUT2D eigenvalue weighted by Crippen LogP contribution is 2.23. The van der Waals surface area contributed by atoms with Crippen molar-refractivity contribution in [2.45, 2.75) is 26.8 Å². The van der Waals surface area contributed by atoms with Crippen molar-refractivity contribution >= 4 is 21.6 Å². The van der Waals surface area contributed by atoms with Gasteiger partial charge in [-0.3, -0.25) is 10.1 Å². The van der Waals surface area contributed by atoms with Gasteiger partial charge < -0.3 is 10.2 Å². The number of halogens is 1. The summed E-state index contributed by atoms with van der Waals surface area (Å²) in [4.78, 5) is 13.0. The SMILES string of the molecule is CCN(CC)CCCNCc1ccc(Br)cc1[N+](=O)[O-]. The van der Waals surface area contributed by atoms with E-state index in [0.29, 0.717) is 6.54 Å². The zero-order valence-corrected chi connectivity index (χ0v) is 13.6. The number of rotatable bonds is 9. The van der Waals surface area contributed by atoms with Crippen molar-refractivity contribution in [1.29, 1.82) is 0 Å². The molecule has 0 aliphatic carbocycles. The summed E-state index contributed by atoms with van der Waals surface area (Å²) >= 11 is 3.26. The topological polar surface area (TPSA) is 58.4 Å². The molecule has 0 bridgehead atoms. The van der Waals surface area contributed by atoms with Crippen LogP contribution in [-0.4, -0.2) is 36.0 Å². The zero-order valence-electron chi connectivity index (χ0n) is 12.1. The van der Waals surface area contributed by atoms with E-state index in [1.807, 2.05) is 6.07 Å². The second-order valence-corrected chi connectivity index (χ2v) is 5.50. The van der Waals surface area contributed by atoms with Gasteiger partial charge in [-0.2, -0.15) is 0 Å². The Morgan fingerprint density at radius 1 is 1.35 bits per heavy atom. The van der Waals surface area contributed by atoms with Crippen molar-refractivity contribution < 1.29 is 4.92 Å².